The maximum absolute atomic E-state index is 12.6. The van der Waals surface area contributed by atoms with Crippen LogP contribution in [-0.2, 0) is 14.3 Å². The van der Waals surface area contributed by atoms with Gasteiger partial charge >= 0.3 is 5.97 Å². The molecule has 1 saturated heterocycles. The molecule has 1 aromatic carbocycles. The van der Waals surface area contributed by atoms with Gasteiger partial charge in [-0.15, -0.1) is 0 Å². The number of nitrogens with one attached hydrogen (secondary N) is 2. The Morgan fingerprint density at radius 3 is 2.45 bits per heavy atom. The highest BCUT2D eigenvalue weighted by Gasteiger charge is 2.40. The third-order valence-corrected chi connectivity index (χ3v) is 5.93. The van der Waals surface area contributed by atoms with E-state index < -0.39 is 17.1 Å². The number of amidine groups is 2. The van der Waals surface area contributed by atoms with E-state index >= 15 is 0 Å². The van der Waals surface area contributed by atoms with E-state index in [0.717, 1.165) is 0 Å². The van der Waals surface area contributed by atoms with E-state index in [1.807, 2.05) is 11.8 Å². The van der Waals surface area contributed by atoms with Crippen molar-refractivity contribution in [1.29, 1.82) is 5.41 Å². The number of carbonyl (C=O) groups is 3. The summed E-state index contributed by atoms with van der Waals surface area (Å²) in [7, 11) is 3.10. The molecule has 0 radical (unpaired) electrons. The second-order valence-electron chi connectivity index (χ2n) is 6.43. The largest absolute Gasteiger partial charge is 0.469 e. The van der Waals surface area contributed by atoms with E-state index in [2.05, 4.69) is 15.0 Å². The SMILES string of the molecule is CCC1C(C(=O)NCCC(=O)OC)SC(=NC(=O)c2ccc(C(=N)N)cc2)N1C. The number of nitrogens with zero attached hydrogens (tertiary/aromatic N) is 2. The van der Waals surface area contributed by atoms with E-state index in [1.165, 1.54) is 18.9 Å². The molecule has 2 unspecified atom stereocenters. The van der Waals surface area contributed by atoms with Crippen molar-refractivity contribution >= 4 is 40.5 Å². The summed E-state index contributed by atoms with van der Waals surface area (Å²) in [6, 6.07) is 6.19. The molecule has 4 N–H and O–H groups in total. The number of esters is 1. The number of hydrogen-bond acceptors (Lipinski definition) is 6. The lowest BCUT2D eigenvalue weighted by atomic mass is 10.1. The quantitative estimate of drug-likeness (QED) is 0.340. The highest BCUT2D eigenvalue weighted by molar-refractivity contribution is 8.15. The zero-order valence-electron chi connectivity index (χ0n) is 16.6. The molecule has 9 nitrogen and oxygen atoms in total. The molecule has 1 aliphatic heterocycles. The van der Waals surface area contributed by atoms with Gasteiger partial charge < -0.3 is 20.7 Å². The first-order chi connectivity index (χ1) is 13.8. The lowest BCUT2D eigenvalue weighted by Gasteiger charge is -2.22. The van der Waals surface area contributed by atoms with Gasteiger partial charge in [-0.1, -0.05) is 30.8 Å². The maximum Gasteiger partial charge on any atom is 0.307 e. The lowest BCUT2D eigenvalue weighted by Crippen LogP contribution is -2.42. The first kappa shape index (κ1) is 22.4. The van der Waals surface area contributed by atoms with E-state index in [9.17, 15) is 14.4 Å². The van der Waals surface area contributed by atoms with Crippen LogP contribution >= 0.6 is 11.8 Å². The summed E-state index contributed by atoms with van der Waals surface area (Å²) in [6.45, 7) is 2.15. The van der Waals surface area contributed by atoms with Crippen molar-refractivity contribution < 1.29 is 19.1 Å². The summed E-state index contributed by atoms with van der Waals surface area (Å²) in [5.74, 6) is -1.11. The Morgan fingerprint density at radius 2 is 1.90 bits per heavy atom. The number of carbonyl (C=O) groups excluding carboxylic acids is 3. The Kier molecular flexibility index (Phi) is 7.77. The molecule has 1 aromatic rings. The van der Waals surface area contributed by atoms with Gasteiger partial charge in [0.15, 0.2) is 5.17 Å². The van der Waals surface area contributed by atoms with Crippen molar-refractivity contribution in [3.8, 4) is 0 Å². The third kappa shape index (κ3) is 5.57. The first-order valence-electron chi connectivity index (χ1n) is 9.10. The number of ether oxygens (including phenoxy) is 1. The van der Waals surface area contributed by atoms with Crippen LogP contribution in [0.4, 0.5) is 0 Å². The van der Waals surface area contributed by atoms with Crippen LogP contribution in [-0.4, -0.2) is 65.7 Å². The molecule has 0 bridgehead atoms. The molecule has 0 saturated carbocycles. The van der Waals surface area contributed by atoms with Crippen LogP contribution in [0.25, 0.3) is 0 Å². The average molecular weight is 420 g/mol. The van der Waals surface area contributed by atoms with Crippen LogP contribution in [0.15, 0.2) is 29.3 Å². The third-order valence-electron chi connectivity index (χ3n) is 4.55. The summed E-state index contributed by atoms with van der Waals surface area (Å²) in [5.41, 5.74) is 6.32. The smallest absolute Gasteiger partial charge is 0.307 e. The number of thioether (sulfide) groups is 1. The number of rotatable bonds is 7. The van der Waals surface area contributed by atoms with Crippen LogP contribution in [0.1, 0.15) is 35.7 Å². The second kappa shape index (κ2) is 10.1. The number of methoxy groups -OCH3 is 1. The topological polar surface area (TPSA) is 138 Å². The standard InChI is InChI=1S/C19H25N5O4S/c1-4-13-15(18(27)22-10-9-14(25)28-3)29-19(24(13)2)23-17(26)12-7-5-11(6-8-12)16(20)21/h5-8,13,15H,4,9-10H2,1-3H3,(H3,20,21)(H,22,27). The van der Waals surface area contributed by atoms with Crippen molar-refractivity contribution in [2.45, 2.75) is 31.1 Å². The van der Waals surface area contributed by atoms with Crippen LogP contribution in [0, 0.1) is 5.41 Å². The highest BCUT2D eigenvalue weighted by atomic mass is 32.2. The molecular weight excluding hydrogens is 394 g/mol. The van der Waals surface area contributed by atoms with Crippen LogP contribution in [0.5, 0.6) is 0 Å². The van der Waals surface area contributed by atoms with Gasteiger partial charge in [-0.2, -0.15) is 4.99 Å². The van der Waals surface area contributed by atoms with E-state index in [4.69, 9.17) is 11.1 Å². The summed E-state index contributed by atoms with van der Waals surface area (Å²) >= 11 is 1.23. The van der Waals surface area contributed by atoms with Crippen LogP contribution < -0.4 is 11.1 Å². The minimum absolute atomic E-state index is 0.0757. The van der Waals surface area contributed by atoms with Crippen molar-refractivity contribution in [2.24, 2.45) is 10.7 Å². The molecule has 1 aliphatic rings. The Bertz CT molecular complexity index is 824. The van der Waals surface area contributed by atoms with Gasteiger partial charge in [0.2, 0.25) is 5.91 Å². The number of aliphatic imine (C=N–C) groups is 1. The Labute approximate surface area is 173 Å². The van der Waals surface area contributed by atoms with E-state index in [-0.39, 0.29) is 30.8 Å². The zero-order chi connectivity index (χ0) is 21.6. The molecule has 2 rings (SSSR count). The fourth-order valence-electron chi connectivity index (χ4n) is 2.88. The van der Waals surface area contributed by atoms with Gasteiger partial charge in [0.25, 0.3) is 5.91 Å². The molecule has 0 aliphatic carbocycles. The van der Waals surface area contributed by atoms with Gasteiger partial charge in [-0.3, -0.25) is 19.8 Å². The van der Waals surface area contributed by atoms with E-state index in [1.54, 1.807) is 31.3 Å². The molecule has 29 heavy (non-hydrogen) atoms. The Morgan fingerprint density at radius 1 is 1.28 bits per heavy atom. The summed E-state index contributed by atoms with van der Waals surface area (Å²) in [6.07, 6.45) is 0.793. The average Bonchev–Trinajstić information content (AvgIpc) is 3.03. The van der Waals surface area contributed by atoms with Crippen molar-refractivity contribution in [3.63, 3.8) is 0 Å². The summed E-state index contributed by atoms with van der Waals surface area (Å²) < 4.78 is 4.56. The predicted octanol–water partition coefficient (Wildman–Crippen LogP) is 0.972. The van der Waals surface area contributed by atoms with Gasteiger partial charge in [0.05, 0.1) is 19.6 Å². The molecule has 156 valence electrons. The predicted molar refractivity (Wildman–Crippen MR) is 112 cm³/mol. The zero-order valence-corrected chi connectivity index (χ0v) is 17.4. The number of amides is 2. The molecule has 0 aromatic heterocycles. The van der Waals surface area contributed by atoms with Gasteiger partial charge in [0.1, 0.15) is 11.1 Å². The molecule has 0 spiro atoms. The monoisotopic (exact) mass is 419 g/mol. The minimum Gasteiger partial charge on any atom is -0.469 e. The molecule has 10 heteroatoms. The maximum atomic E-state index is 12.6. The minimum atomic E-state index is -0.436. The summed E-state index contributed by atoms with van der Waals surface area (Å²) in [5, 5.41) is 10.2. The molecule has 2 atom stereocenters. The fourth-order valence-corrected chi connectivity index (χ4v) is 4.26. The van der Waals surface area contributed by atoms with Crippen molar-refractivity contribution in [2.75, 3.05) is 20.7 Å². The van der Waals surface area contributed by atoms with Gasteiger partial charge in [-0.25, -0.2) is 0 Å². The molecule has 1 heterocycles. The normalized spacial score (nSPS) is 19.8. The molecular formula is C19H25N5O4S. The number of nitrogen functional groups attached to an aromatic ring is 1. The van der Waals surface area contributed by atoms with E-state index in [0.29, 0.717) is 22.7 Å². The first-order valence-corrected chi connectivity index (χ1v) is 9.97. The number of hydrogen-bond donors (Lipinski definition) is 3. The fraction of sp³-hybridized carbons (Fsp3) is 0.421. The number of benzene rings is 1. The van der Waals surface area contributed by atoms with Crippen LogP contribution in [0.3, 0.4) is 0 Å². The summed E-state index contributed by atoms with van der Waals surface area (Å²) in [4.78, 5) is 42.3. The Balaban J connectivity index is 2.09. The molecule has 2 amide bonds. The van der Waals surface area contributed by atoms with Crippen molar-refractivity contribution in [3.05, 3.63) is 35.4 Å². The van der Waals surface area contributed by atoms with Crippen molar-refractivity contribution in [1.82, 2.24) is 10.2 Å². The Hall–Kier alpha value is -2.88. The number of nitrogens with two attached hydrogens (primary N) is 1. The van der Waals surface area contributed by atoms with Gasteiger partial charge in [-0.05, 0) is 18.6 Å². The highest BCUT2D eigenvalue weighted by Crippen LogP contribution is 2.32. The second-order valence-corrected chi connectivity index (χ2v) is 7.54. The van der Waals surface area contributed by atoms with Gasteiger partial charge in [0, 0.05) is 24.7 Å². The lowest BCUT2D eigenvalue weighted by molar-refractivity contribution is -0.140. The van der Waals surface area contributed by atoms with Crippen LogP contribution in [0.2, 0.25) is 0 Å². The molecule has 1 fully saturated rings.